The van der Waals surface area contributed by atoms with Gasteiger partial charge in [-0.25, -0.2) is 4.98 Å². The van der Waals surface area contributed by atoms with Crippen molar-refractivity contribution in [2.24, 2.45) is 0 Å². The van der Waals surface area contributed by atoms with E-state index in [0.29, 0.717) is 0 Å². The lowest BCUT2D eigenvalue weighted by Gasteiger charge is -2.05. The molecule has 0 amide bonds. The quantitative estimate of drug-likeness (QED) is 0.777. The van der Waals surface area contributed by atoms with Crippen LogP contribution in [0.2, 0.25) is 0 Å². The predicted octanol–water partition coefficient (Wildman–Crippen LogP) is 3.61. The van der Waals surface area contributed by atoms with Crippen molar-refractivity contribution in [1.82, 2.24) is 9.97 Å². The average Bonchev–Trinajstić information content (AvgIpc) is 2.82. The van der Waals surface area contributed by atoms with Gasteiger partial charge in [0.2, 0.25) is 0 Å². The molecule has 0 atom stereocenters. The molecule has 1 aromatic carbocycles. The number of para-hydroxylation sites is 1. The first-order valence-electron chi connectivity index (χ1n) is 5.81. The second kappa shape index (κ2) is 4.74. The van der Waals surface area contributed by atoms with Crippen molar-refractivity contribution in [2.45, 2.75) is 13.5 Å². The Balaban J connectivity index is 1.78. The van der Waals surface area contributed by atoms with E-state index in [1.54, 1.807) is 11.3 Å². The highest BCUT2D eigenvalue weighted by Crippen LogP contribution is 2.18. The molecule has 2 aromatic heterocycles. The highest BCUT2D eigenvalue weighted by atomic mass is 32.1. The van der Waals surface area contributed by atoms with Gasteiger partial charge in [-0.15, -0.1) is 11.3 Å². The van der Waals surface area contributed by atoms with Crippen LogP contribution in [0.1, 0.15) is 9.88 Å². The number of nitrogens with one attached hydrogen (secondary N) is 1. The Morgan fingerprint density at radius 1 is 1.17 bits per heavy atom. The van der Waals surface area contributed by atoms with Crippen LogP contribution >= 0.6 is 11.3 Å². The van der Waals surface area contributed by atoms with Gasteiger partial charge >= 0.3 is 0 Å². The second-order valence-electron chi connectivity index (χ2n) is 4.12. The van der Waals surface area contributed by atoms with Gasteiger partial charge in [-0.2, -0.15) is 0 Å². The molecular formula is C14H13N3S. The summed E-state index contributed by atoms with van der Waals surface area (Å²) in [5.74, 6) is 0. The van der Waals surface area contributed by atoms with Gasteiger partial charge < -0.3 is 5.32 Å². The number of rotatable bonds is 3. The number of hydrogen-bond acceptors (Lipinski definition) is 4. The summed E-state index contributed by atoms with van der Waals surface area (Å²) in [6, 6.07) is 10.2. The largest absolute Gasteiger partial charge is 0.379 e. The van der Waals surface area contributed by atoms with Crippen LogP contribution in [0.3, 0.4) is 0 Å². The maximum absolute atomic E-state index is 4.42. The molecule has 0 saturated heterocycles. The molecule has 90 valence electrons. The molecule has 18 heavy (non-hydrogen) atoms. The Labute approximate surface area is 110 Å². The molecule has 1 N–H and O–H groups in total. The smallest absolute Gasteiger partial charge is 0.0897 e. The molecule has 0 radical (unpaired) electrons. The number of benzene rings is 1. The molecule has 4 heteroatoms. The Hall–Kier alpha value is -1.94. The fourth-order valence-electron chi connectivity index (χ4n) is 1.84. The van der Waals surface area contributed by atoms with Crippen LogP contribution < -0.4 is 5.32 Å². The van der Waals surface area contributed by atoms with E-state index >= 15 is 0 Å². The summed E-state index contributed by atoms with van der Waals surface area (Å²) >= 11 is 1.72. The summed E-state index contributed by atoms with van der Waals surface area (Å²) in [6.07, 6.45) is 3.79. The van der Waals surface area contributed by atoms with Gasteiger partial charge in [0.15, 0.2) is 0 Å². The van der Waals surface area contributed by atoms with Gasteiger partial charge in [-0.05, 0) is 19.1 Å². The van der Waals surface area contributed by atoms with Crippen LogP contribution in [0.4, 0.5) is 5.69 Å². The van der Waals surface area contributed by atoms with E-state index in [1.807, 2.05) is 37.5 Å². The van der Waals surface area contributed by atoms with Crippen LogP contribution in [0.25, 0.3) is 10.9 Å². The molecule has 3 nitrogen and oxygen atoms in total. The molecule has 0 spiro atoms. The minimum absolute atomic E-state index is 0.797. The summed E-state index contributed by atoms with van der Waals surface area (Å²) in [6.45, 7) is 2.82. The van der Waals surface area contributed by atoms with Crippen molar-refractivity contribution in [1.29, 1.82) is 0 Å². The summed E-state index contributed by atoms with van der Waals surface area (Å²) in [7, 11) is 0. The normalized spacial score (nSPS) is 10.7. The van der Waals surface area contributed by atoms with Gasteiger partial charge in [0.1, 0.15) is 0 Å². The van der Waals surface area contributed by atoms with E-state index in [-0.39, 0.29) is 0 Å². The zero-order valence-electron chi connectivity index (χ0n) is 10.1. The molecule has 0 aliphatic heterocycles. The molecule has 3 rings (SSSR count). The van der Waals surface area contributed by atoms with Crippen molar-refractivity contribution >= 4 is 27.9 Å². The Morgan fingerprint density at radius 3 is 2.89 bits per heavy atom. The third-order valence-corrected chi connectivity index (χ3v) is 3.64. The number of hydrogen-bond donors (Lipinski definition) is 1. The van der Waals surface area contributed by atoms with E-state index in [0.717, 1.165) is 28.1 Å². The van der Waals surface area contributed by atoms with E-state index in [4.69, 9.17) is 0 Å². The Bertz CT molecular complexity index is 675. The van der Waals surface area contributed by atoms with Crippen molar-refractivity contribution in [3.63, 3.8) is 0 Å². The van der Waals surface area contributed by atoms with E-state index in [9.17, 15) is 0 Å². The van der Waals surface area contributed by atoms with Crippen LogP contribution in [0, 0.1) is 6.92 Å². The molecular weight excluding hydrogens is 242 g/mol. The lowest BCUT2D eigenvalue weighted by Crippen LogP contribution is -1.97. The molecule has 2 heterocycles. The lowest BCUT2D eigenvalue weighted by atomic mass is 10.2. The first-order valence-corrected chi connectivity index (χ1v) is 6.63. The van der Waals surface area contributed by atoms with E-state index < -0.39 is 0 Å². The predicted molar refractivity (Wildman–Crippen MR) is 75.9 cm³/mol. The topological polar surface area (TPSA) is 37.8 Å². The number of pyridine rings is 1. The zero-order valence-corrected chi connectivity index (χ0v) is 10.9. The minimum Gasteiger partial charge on any atom is -0.379 e. The maximum atomic E-state index is 4.42. The van der Waals surface area contributed by atoms with Crippen molar-refractivity contribution in [2.75, 3.05) is 5.32 Å². The number of aryl methyl sites for hydroxylation is 1. The number of fused-ring (bicyclic) bond motifs is 1. The van der Waals surface area contributed by atoms with Crippen LogP contribution in [-0.2, 0) is 6.54 Å². The summed E-state index contributed by atoms with van der Waals surface area (Å²) < 4.78 is 0. The standard InChI is InChI=1S/C14H13N3S/c1-10-15-8-13(18-10)9-16-12-6-11-4-2-3-5-14(11)17-7-12/h2-8,16H,9H2,1H3. The number of aromatic nitrogens is 2. The monoisotopic (exact) mass is 255 g/mol. The summed E-state index contributed by atoms with van der Waals surface area (Å²) in [5, 5.41) is 5.63. The van der Waals surface area contributed by atoms with Crippen LogP contribution in [0.15, 0.2) is 42.7 Å². The SMILES string of the molecule is Cc1ncc(CNc2cnc3ccccc3c2)s1. The van der Waals surface area contributed by atoms with Gasteiger partial charge in [0.05, 0.1) is 29.0 Å². The molecule has 0 fully saturated rings. The van der Waals surface area contributed by atoms with Crippen molar-refractivity contribution < 1.29 is 0 Å². The van der Waals surface area contributed by atoms with Gasteiger partial charge in [-0.1, -0.05) is 18.2 Å². The molecule has 0 saturated carbocycles. The highest BCUT2D eigenvalue weighted by Gasteiger charge is 2.00. The Kier molecular flexibility index (Phi) is 2.94. The van der Waals surface area contributed by atoms with E-state index in [2.05, 4.69) is 27.4 Å². The molecule has 0 unspecified atom stereocenters. The lowest BCUT2D eigenvalue weighted by molar-refractivity contribution is 1.16. The molecule has 3 aromatic rings. The van der Waals surface area contributed by atoms with Gasteiger partial charge in [0, 0.05) is 16.5 Å². The van der Waals surface area contributed by atoms with Crippen molar-refractivity contribution in [3.8, 4) is 0 Å². The highest BCUT2D eigenvalue weighted by molar-refractivity contribution is 7.11. The fourth-order valence-corrected chi connectivity index (χ4v) is 2.58. The average molecular weight is 255 g/mol. The molecule has 0 aliphatic rings. The fraction of sp³-hybridized carbons (Fsp3) is 0.143. The van der Waals surface area contributed by atoms with Crippen LogP contribution in [0.5, 0.6) is 0 Å². The number of anilines is 1. The first-order chi connectivity index (χ1) is 8.81. The van der Waals surface area contributed by atoms with Gasteiger partial charge in [0.25, 0.3) is 0 Å². The summed E-state index contributed by atoms with van der Waals surface area (Å²) in [5.41, 5.74) is 2.07. The number of nitrogens with zero attached hydrogens (tertiary/aromatic N) is 2. The van der Waals surface area contributed by atoms with Gasteiger partial charge in [-0.3, -0.25) is 4.98 Å². The molecule has 0 bridgehead atoms. The Morgan fingerprint density at radius 2 is 2.06 bits per heavy atom. The second-order valence-corrected chi connectivity index (χ2v) is 5.44. The van der Waals surface area contributed by atoms with Crippen LogP contribution in [-0.4, -0.2) is 9.97 Å². The minimum atomic E-state index is 0.797. The third kappa shape index (κ3) is 2.33. The maximum Gasteiger partial charge on any atom is 0.0897 e. The zero-order chi connectivity index (χ0) is 12.4. The van der Waals surface area contributed by atoms with Crippen molar-refractivity contribution in [3.05, 3.63) is 52.6 Å². The van der Waals surface area contributed by atoms with E-state index in [1.165, 1.54) is 4.88 Å². The number of thiazole rings is 1. The first kappa shape index (κ1) is 11.2. The molecule has 0 aliphatic carbocycles. The summed E-state index contributed by atoms with van der Waals surface area (Å²) in [4.78, 5) is 9.90. The third-order valence-electron chi connectivity index (χ3n) is 2.73.